The zero-order chi connectivity index (χ0) is 14.3. The van der Waals surface area contributed by atoms with Crippen LogP contribution in [-0.4, -0.2) is 13.9 Å². The first kappa shape index (κ1) is 10.5. The predicted octanol–water partition coefficient (Wildman–Crippen LogP) is 0.756. The van der Waals surface area contributed by atoms with Crippen molar-refractivity contribution in [1.29, 1.82) is 0 Å². The maximum Gasteiger partial charge on any atom is 0.347 e. The Morgan fingerprint density at radius 2 is 1.38 bits per heavy atom. The fourth-order valence-corrected chi connectivity index (χ4v) is 8.90. The summed E-state index contributed by atoms with van der Waals surface area (Å²) in [4.78, 5) is 25.2. The molecule has 0 N–H and O–H groups in total. The lowest BCUT2D eigenvalue weighted by molar-refractivity contribution is 0.0178. The fraction of sp³-hybridized carbons (Fsp3) is 0.875. The lowest BCUT2D eigenvalue weighted by Crippen LogP contribution is -2.51. The van der Waals surface area contributed by atoms with Crippen molar-refractivity contribution in [2.45, 2.75) is 38.8 Å². The van der Waals surface area contributed by atoms with Gasteiger partial charge in [0.2, 0.25) is 0 Å². The molecular formula is C16H19N3O2. The maximum absolute atomic E-state index is 12.6. The van der Waals surface area contributed by atoms with Crippen molar-refractivity contribution in [1.82, 2.24) is 13.9 Å². The molecule has 2 bridgehead atoms. The molecule has 2 unspecified atom stereocenters. The van der Waals surface area contributed by atoms with Crippen molar-refractivity contribution < 1.29 is 0 Å². The minimum Gasteiger partial charge on any atom is -0.246 e. The van der Waals surface area contributed by atoms with Gasteiger partial charge in [0.05, 0.1) is 12.1 Å². The van der Waals surface area contributed by atoms with E-state index in [4.69, 9.17) is 0 Å². The third kappa shape index (κ3) is 0.624. The minimum absolute atomic E-state index is 0.0701. The van der Waals surface area contributed by atoms with Crippen molar-refractivity contribution in [2.24, 2.45) is 47.0 Å². The molecule has 5 saturated carbocycles. The van der Waals surface area contributed by atoms with Gasteiger partial charge in [-0.2, -0.15) is 0 Å². The van der Waals surface area contributed by atoms with Crippen molar-refractivity contribution in [2.75, 3.05) is 0 Å². The summed E-state index contributed by atoms with van der Waals surface area (Å²) < 4.78 is 5.14. The molecule has 21 heavy (non-hydrogen) atoms. The molecule has 1 aromatic rings. The van der Waals surface area contributed by atoms with E-state index in [1.165, 1.54) is 17.4 Å². The van der Waals surface area contributed by atoms with Crippen LogP contribution in [0.5, 0.6) is 0 Å². The highest BCUT2D eigenvalue weighted by atomic mass is 16.2. The highest BCUT2D eigenvalue weighted by Gasteiger charge is 3.04. The molecule has 0 radical (unpaired) electrons. The fourth-order valence-electron chi connectivity index (χ4n) is 8.90. The Morgan fingerprint density at radius 1 is 0.905 bits per heavy atom. The average Bonchev–Trinajstić information content (AvgIpc) is 3.05. The summed E-state index contributed by atoms with van der Waals surface area (Å²) >= 11 is 0. The maximum atomic E-state index is 12.6. The molecule has 0 aromatic carbocycles. The van der Waals surface area contributed by atoms with E-state index in [0.29, 0.717) is 28.3 Å². The van der Waals surface area contributed by atoms with E-state index >= 15 is 0 Å². The van der Waals surface area contributed by atoms with Crippen LogP contribution in [0.4, 0.5) is 0 Å². The summed E-state index contributed by atoms with van der Waals surface area (Å²) in [7, 11) is 1.64. The molecule has 5 fully saturated rings. The number of nitrogens with zero attached hydrogens (tertiary/aromatic N) is 3. The lowest BCUT2D eigenvalue weighted by atomic mass is 9.73. The molecule has 5 nitrogen and oxygen atoms in total. The van der Waals surface area contributed by atoms with Crippen molar-refractivity contribution >= 4 is 0 Å². The number of aromatic nitrogens is 3. The van der Waals surface area contributed by atoms with Crippen molar-refractivity contribution in [3.8, 4) is 0 Å². The molecule has 110 valence electrons. The van der Waals surface area contributed by atoms with E-state index in [-0.39, 0.29) is 11.4 Å². The van der Waals surface area contributed by atoms with Gasteiger partial charge in [0.1, 0.15) is 0 Å². The predicted molar refractivity (Wildman–Crippen MR) is 73.8 cm³/mol. The van der Waals surface area contributed by atoms with Crippen LogP contribution in [0.25, 0.3) is 0 Å². The lowest BCUT2D eigenvalue weighted by Gasteiger charge is -2.45. The van der Waals surface area contributed by atoms with E-state index in [1.54, 1.807) is 7.05 Å². The van der Waals surface area contributed by atoms with Crippen LogP contribution < -0.4 is 11.4 Å². The third-order valence-corrected chi connectivity index (χ3v) is 8.52. The third-order valence-electron chi connectivity index (χ3n) is 8.52. The van der Waals surface area contributed by atoms with Gasteiger partial charge < -0.3 is 0 Å². The summed E-state index contributed by atoms with van der Waals surface area (Å²) in [5, 5.41) is 0. The molecule has 7 aliphatic rings. The molecular weight excluding hydrogens is 266 g/mol. The van der Waals surface area contributed by atoms with Gasteiger partial charge >= 0.3 is 11.4 Å². The van der Waals surface area contributed by atoms with Crippen LogP contribution in [0.1, 0.15) is 38.8 Å². The smallest absolute Gasteiger partial charge is 0.246 e. The Kier molecular flexibility index (Phi) is 1.10. The molecule has 5 aliphatic carbocycles. The number of hydrogen-bond acceptors (Lipinski definition) is 2. The topological polar surface area (TPSA) is 48.9 Å². The summed E-state index contributed by atoms with van der Waals surface area (Å²) in [5.41, 5.74) is 0.995. The molecule has 2 aliphatic heterocycles. The van der Waals surface area contributed by atoms with Crippen molar-refractivity contribution in [3.05, 3.63) is 21.0 Å². The Morgan fingerprint density at radius 3 is 1.86 bits per heavy atom. The van der Waals surface area contributed by atoms with Crippen molar-refractivity contribution in [3.63, 3.8) is 0 Å². The normalized spacial score (nSPS) is 60.9. The van der Waals surface area contributed by atoms with Gasteiger partial charge in [-0.15, -0.1) is 0 Å². The molecule has 2 spiro atoms. The first-order valence-corrected chi connectivity index (χ1v) is 8.29. The van der Waals surface area contributed by atoms with Crippen LogP contribution >= 0.6 is 0 Å². The van der Waals surface area contributed by atoms with E-state index < -0.39 is 0 Å². The van der Waals surface area contributed by atoms with E-state index in [2.05, 4.69) is 13.8 Å². The van der Waals surface area contributed by atoms with Gasteiger partial charge in [-0.1, -0.05) is 13.8 Å². The number of rotatable bonds is 0. The first-order valence-electron chi connectivity index (χ1n) is 8.29. The largest absolute Gasteiger partial charge is 0.347 e. The second kappa shape index (κ2) is 2.20. The van der Waals surface area contributed by atoms with Crippen LogP contribution in [-0.2, 0) is 7.05 Å². The first-order chi connectivity index (χ1) is 9.88. The van der Waals surface area contributed by atoms with Gasteiger partial charge in [0.15, 0.2) is 0 Å². The van der Waals surface area contributed by atoms with E-state index in [9.17, 15) is 9.59 Å². The molecule has 5 heteroatoms. The van der Waals surface area contributed by atoms with E-state index in [0.717, 1.165) is 23.7 Å². The summed E-state index contributed by atoms with van der Waals surface area (Å²) in [6.07, 6.45) is 2.53. The summed E-state index contributed by atoms with van der Waals surface area (Å²) in [6, 6.07) is 0.677. The molecule has 1 aromatic heterocycles. The summed E-state index contributed by atoms with van der Waals surface area (Å²) in [6.45, 7) is 4.77. The Balaban J connectivity index is 1.64. The second-order valence-corrected chi connectivity index (χ2v) is 9.51. The zero-order valence-corrected chi connectivity index (χ0v) is 12.5. The molecule has 3 heterocycles. The highest BCUT2D eigenvalue weighted by Crippen LogP contribution is 3.06. The Labute approximate surface area is 121 Å². The monoisotopic (exact) mass is 285 g/mol. The molecule has 0 amide bonds. The van der Waals surface area contributed by atoms with Gasteiger partial charge in [0, 0.05) is 17.9 Å². The average molecular weight is 285 g/mol. The molecule has 0 saturated heterocycles. The number of hydrogen-bond donors (Lipinski definition) is 0. The van der Waals surface area contributed by atoms with Crippen LogP contribution in [0.15, 0.2) is 9.59 Å². The van der Waals surface area contributed by atoms with Crippen LogP contribution in [0.2, 0.25) is 0 Å². The van der Waals surface area contributed by atoms with Gasteiger partial charge in [-0.3, -0.25) is 0 Å². The van der Waals surface area contributed by atoms with Gasteiger partial charge in [-0.05, 0) is 41.9 Å². The summed E-state index contributed by atoms with van der Waals surface area (Å²) in [5.74, 6) is 3.11. The zero-order valence-electron chi connectivity index (χ0n) is 12.5. The molecule has 8 rings (SSSR count). The SMILES string of the molecule is Cn1c(=O)n2n(c1=O)[C@H]1[C@H]3C4C5[C@@]6(CC(C)(C)C[C@@]516)[C@@H]2[C@@H]43. The second-order valence-electron chi connectivity index (χ2n) is 9.51. The highest BCUT2D eigenvalue weighted by molar-refractivity contribution is 5.51. The Bertz CT molecular complexity index is 836. The quantitative estimate of drug-likeness (QED) is 0.706. The standard InChI is InChI=1S/C16H19N3O2/c1-14(2)4-15-9-6-7-8(6)11(16(9,15)5-14)19-13(21)17(3)12(20)18(19)10(7)15/h6-11H,4-5H2,1-3H3/t6?,7-,8-,9?,10-,11-,15-,16+/m0/s1. The van der Waals surface area contributed by atoms with Gasteiger partial charge in [-0.25, -0.2) is 23.5 Å². The van der Waals surface area contributed by atoms with Crippen LogP contribution in [0, 0.1) is 39.9 Å². The van der Waals surface area contributed by atoms with E-state index in [1.807, 2.05) is 9.36 Å². The minimum atomic E-state index is -0.0701. The van der Waals surface area contributed by atoms with Gasteiger partial charge in [0.25, 0.3) is 0 Å². The van der Waals surface area contributed by atoms with Crippen LogP contribution in [0.3, 0.4) is 0 Å². The molecule has 8 atom stereocenters. The Hall–Kier alpha value is -1.26.